The number of aromatic nitrogens is 1. The summed E-state index contributed by atoms with van der Waals surface area (Å²) in [7, 11) is 4.05. The molecule has 0 aliphatic heterocycles. The van der Waals surface area contributed by atoms with Gasteiger partial charge < -0.3 is 4.90 Å². The van der Waals surface area contributed by atoms with Crippen LogP contribution in [-0.4, -0.2) is 43.0 Å². The molecule has 0 fully saturated rings. The largest absolute Gasteiger partial charge is 0.308 e. The molecule has 0 atom stereocenters. The zero-order valence-corrected chi connectivity index (χ0v) is 19.7. The van der Waals surface area contributed by atoms with E-state index < -0.39 is 0 Å². The van der Waals surface area contributed by atoms with E-state index in [-0.39, 0.29) is 18.3 Å². The fraction of sp³-hybridized carbons (Fsp3) is 0.391. The first-order chi connectivity index (χ1) is 13.3. The van der Waals surface area contributed by atoms with Gasteiger partial charge in [0.25, 0.3) is 0 Å². The summed E-state index contributed by atoms with van der Waals surface area (Å²) in [4.78, 5) is 22.1. The molecule has 0 spiro atoms. The molecule has 1 aromatic heterocycles. The Kier molecular flexibility index (Phi) is 7.80. The lowest BCUT2D eigenvalue weighted by atomic mass is 9.97. The van der Waals surface area contributed by atoms with Gasteiger partial charge in [-0.2, -0.15) is 0 Å². The Hall–Kier alpha value is -1.95. The molecule has 4 nitrogen and oxygen atoms in total. The third kappa shape index (κ3) is 5.35. The van der Waals surface area contributed by atoms with Crippen LogP contribution >= 0.6 is 23.7 Å². The number of fused-ring (bicyclic) bond motifs is 1. The van der Waals surface area contributed by atoms with Crippen molar-refractivity contribution in [3.63, 3.8) is 0 Å². The highest BCUT2D eigenvalue weighted by Gasteiger charge is 2.22. The van der Waals surface area contributed by atoms with Crippen molar-refractivity contribution >= 4 is 45.0 Å². The number of likely N-dealkylation sites (N-methyl/N-ethyl adjacent to an activating group) is 1. The second kappa shape index (κ2) is 9.70. The van der Waals surface area contributed by atoms with Crippen LogP contribution in [0.2, 0.25) is 0 Å². The maximum Gasteiger partial charge on any atom is 0.233 e. The van der Waals surface area contributed by atoms with Gasteiger partial charge in [-0.15, -0.1) is 12.4 Å². The van der Waals surface area contributed by atoms with Crippen molar-refractivity contribution < 1.29 is 4.79 Å². The number of hydrogen-bond donors (Lipinski definition) is 0. The molecule has 0 aliphatic carbocycles. The van der Waals surface area contributed by atoms with E-state index in [0.717, 1.165) is 33.0 Å². The van der Waals surface area contributed by atoms with Gasteiger partial charge in [0, 0.05) is 13.1 Å². The number of hydrogen-bond acceptors (Lipinski definition) is 4. The monoisotopic (exact) mass is 431 g/mol. The van der Waals surface area contributed by atoms with E-state index >= 15 is 0 Å². The van der Waals surface area contributed by atoms with E-state index in [1.807, 2.05) is 25.1 Å². The van der Waals surface area contributed by atoms with E-state index in [0.29, 0.717) is 13.0 Å². The number of halogens is 1. The molecule has 0 saturated heterocycles. The Morgan fingerprint density at radius 3 is 2.24 bits per heavy atom. The number of carbonyl (C=O) groups is 1. The number of carbonyl (C=O) groups excluding carboxylic acids is 1. The van der Waals surface area contributed by atoms with Gasteiger partial charge in [-0.25, -0.2) is 4.98 Å². The third-order valence-corrected chi connectivity index (χ3v) is 6.12. The maximum atomic E-state index is 13.4. The fourth-order valence-electron chi connectivity index (χ4n) is 3.55. The number of thiazole rings is 1. The number of nitrogens with zero attached hydrogens (tertiary/aromatic N) is 3. The smallest absolute Gasteiger partial charge is 0.233 e. The van der Waals surface area contributed by atoms with Gasteiger partial charge in [0.15, 0.2) is 5.13 Å². The van der Waals surface area contributed by atoms with Crippen LogP contribution in [-0.2, 0) is 11.2 Å². The summed E-state index contributed by atoms with van der Waals surface area (Å²) < 4.78 is 1.13. The van der Waals surface area contributed by atoms with Crippen LogP contribution in [0.3, 0.4) is 0 Å². The van der Waals surface area contributed by atoms with Gasteiger partial charge in [-0.1, -0.05) is 41.2 Å². The molecule has 0 radical (unpaired) electrons. The van der Waals surface area contributed by atoms with Gasteiger partial charge in [0.05, 0.1) is 16.6 Å². The summed E-state index contributed by atoms with van der Waals surface area (Å²) in [6.07, 6.45) is 0.403. The van der Waals surface area contributed by atoms with E-state index in [2.05, 4.69) is 56.9 Å². The quantitative estimate of drug-likeness (QED) is 0.545. The number of anilines is 1. The van der Waals surface area contributed by atoms with Gasteiger partial charge in [-0.3, -0.25) is 9.69 Å². The molecule has 0 saturated carbocycles. The number of amides is 1. The zero-order chi connectivity index (χ0) is 20.4. The van der Waals surface area contributed by atoms with Crippen LogP contribution in [0.25, 0.3) is 10.2 Å². The van der Waals surface area contributed by atoms with Crippen molar-refractivity contribution in [3.05, 3.63) is 58.1 Å². The predicted octanol–water partition coefficient (Wildman–Crippen LogP) is 5.09. The van der Waals surface area contributed by atoms with Crippen molar-refractivity contribution in [3.8, 4) is 0 Å². The molecular formula is C23H30ClN3OS. The average molecular weight is 432 g/mol. The Balaban J connectivity index is 0.00000300. The SMILES string of the molecule is Cc1cc(C)c(CC(=O)N(CCN(C)C)c2nc3c(C)cccc3s2)c(C)c1.Cl. The predicted molar refractivity (Wildman–Crippen MR) is 127 cm³/mol. The van der Waals surface area contributed by atoms with Crippen LogP contribution in [0.4, 0.5) is 5.13 Å². The summed E-state index contributed by atoms with van der Waals surface area (Å²) in [6.45, 7) is 9.78. The molecule has 2 aromatic carbocycles. The summed E-state index contributed by atoms with van der Waals surface area (Å²) in [5.41, 5.74) is 6.86. The second-order valence-electron chi connectivity index (χ2n) is 7.82. The van der Waals surface area contributed by atoms with Crippen LogP contribution in [0.15, 0.2) is 30.3 Å². The highest BCUT2D eigenvalue weighted by atomic mass is 35.5. The van der Waals surface area contributed by atoms with Crippen molar-refractivity contribution in [1.82, 2.24) is 9.88 Å². The van der Waals surface area contributed by atoms with Crippen molar-refractivity contribution in [2.24, 2.45) is 0 Å². The molecule has 0 unspecified atom stereocenters. The second-order valence-corrected chi connectivity index (χ2v) is 8.83. The Labute approximate surface area is 184 Å². The topological polar surface area (TPSA) is 36.4 Å². The standard InChI is InChI=1S/C23H29N3OS.ClH/c1-15-12-17(3)19(18(4)13-15)14-21(27)26(11-10-25(5)6)23-24-22-16(2)8-7-9-20(22)28-23;/h7-9,12-13H,10-11,14H2,1-6H3;1H. The van der Waals surface area contributed by atoms with Crippen molar-refractivity contribution in [2.45, 2.75) is 34.1 Å². The Morgan fingerprint density at radius 2 is 1.66 bits per heavy atom. The van der Waals surface area contributed by atoms with Crippen LogP contribution in [0, 0.1) is 27.7 Å². The fourth-order valence-corrected chi connectivity index (χ4v) is 4.64. The Morgan fingerprint density at radius 1 is 1.00 bits per heavy atom. The molecule has 3 rings (SSSR count). The average Bonchev–Trinajstić information content (AvgIpc) is 3.03. The first kappa shape index (κ1) is 23.3. The van der Waals surface area contributed by atoms with E-state index in [1.165, 1.54) is 16.7 Å². The number of aryl methyl sites for hydroxylation is 4. The summed E-state index contributed by atoms with van der Waals surface area (Å²) in [5, 5.41) is 0.790. The normalized spacial score (nSPS) is 11.0. The molecule has 0 bridgehead atoms. The van der Waals surface area contributed by atoms with E-state index in [9.17, 15) is 4.79 Å². The molecule has 29 heavy (non-hydrogen) atoms. The van der Waals surface area contributed by atoms with E-state index in [1.54, 1.807) is 11.3 Å². The minimum atomic E-state index is 0. The minimum Gasteiger partial charge on any atom is -0.308 e. The number of rotatable bonds is 6. The summed E-state index contributed by atoms with van der Waals surface area (Å²) in [6, 6.07) is 10.5. The third-order valence-electron chi connectivity index (χ3n) is 5.08. The molecule has 1 amide bonds. The van der Waals surface area contributed by atoms with Gasteiger partial charge in [-0.05, 0) is 70.1 Å². The maximum absolute atomic E-state index is 13.4. The van der Waals surface area contributed by atoms with Gasteiger partial charge >= 0.3 is 0 Å². The highest BCUT2D eigenvalue weighted by molar-refractivity contribution is 7.22. The first-order valence-corrected chi connectivity index (χ1v) is 10.5. The highest BCUT2D eigenvalue weighted by Crippen LogP contribution is 2.31. The van der Waals surface area contributed by atoms with Gasteiger partial charge in [0.1, 0.15) is 0 Å². The molecular weight excluding hydrogens is 402 g/mol. The number of para-hydroxylation sites is 1. The van der Waals surface area contributed by atoms with Crippen molar-refractivity contribution in [1.29, 1.82) is 0 Å². The van der Waals surface area contributed by atoms with Crippen LogP contribution in [0.1, 0.15) is 27.8 Å². The van der Waals surface area contributed by atoms with Crippen LogP contribution < -0.4 is 4.90 Å². The Bertz CT molecular complexity index is 990. The molecule has 0 N–H and O–H groups in total. The first-order valence-electron chi connectivity index (χ1n) is 9.64. The lowest BCUT2D eigenvalue weighted by Crippen LogP contribution is -2.37. The lowest BCUT2D eigenvalue weighted by Gasteiger charge is -2.23. The molecule has 1 heterocycles. The molecule has 0 aliphatic rings. The molecule has 156 valence electrons. The van der Waals surface area contributed by atoms with Gasteiger partial charge in [0.2, 0.25) is 5.91 Å². The van der Waals surface area contributed by atoms with E-state index in [4.69, 9.17) is 4.98 Å². The molecule has 3 aromatic rings. The minimum absolute atomic E-state index is 0. The summed E-state index contributed by atoms with van der Waals surface area (Å²) >= 11 is 1.60. The molecule has 6 heteroatoms. The zero-order valence-electron chi connectivity index (χ0n) is 18.1. The summed E-state index contributed by atoms with van der Waals surface area (Å²) in [5.74, 6) is 0.105. The lowest BCUT2D eigenvalue weighted by molar-refractivity contribution is -0.118. The number of benzene rings is 2. The van der Waals surface area contributed by atoms with Crippen LogP contribution in [0.5, 0.6) is 0 Å². The van der Waals surface area contributed by atoms with Crippen molar-refractivity contribution in [2.75, 3.05) is 32.1 Å².